The van der Waals surface area contributed by atoms with Crippen LogP contribution in [0.15, 0.2) is 9.72 Å². The molecule has 16 heavy (non-hydrogen) atoms. The maximum absolute atomic E-state index is 11.9. The van der Waals surface area contributed by atoms with Gasteiger partial charge in [0.2, 0.25) is 5.91 Å². The molecule has 1 fully saturated rings. The molecule has 1 saturated heterocycles. The van der Waals surface area contributed by atoms with Crippen molar-refractivity contribution in [2.45, 2.75) is 30.5 Å². The number of rotatable bonds is 3. The number of carbonyl (C=O) groups excluding carboxylic acids is 1. The Morgan fingerprint density at radius 1 is 1.50 bits per heavy atom. The molecule has 0 radical (unpaired) electrons. The lowest BCUT2D eigenvalue weighted by atomic mass is 10.1. The highest BCUT2D eigenvalue weighted by Gasteiger charge is 2.16. The molecule has 1 aliphatic rings. The first-order valence-electron chi connectivity index (χ1n) is 5.58. The summed E-state index contributed by atoms with van der Waals surface area (Å²) in [5.74, 6) is 0.796. The van der Waals surface area contributed by atoms with Crippen molar-refractivity contribution in [2.75, 3.05) is 18.8 Å². The second-order valence-corrected chi connectivity index (χ2v) is 6.07. The van der Waals surface area contributed by atoms with Crippen molar-refractivity contribution >= 4 is 29.0 Å². The lowest BCUT2D eigenvalue weighted by Crippen LogP contribution is -2.36. The van der Waals surface area contributed by atoms with Crippen LogP contribution in [0.4, 0.5) is 0 Å². The fourth-order valence-electron chi connectivity index (χ4n) is 1.76. The highest BCUT2D eigenvalue weighted by Crippen LogP contribution is 2.23. The van der Waals surface area contributed by atoms with Crippen molar-refractivity contribution in [3.63, 3.8) is 0 Å². The van der Waals surface area contributed by atoms with Crippen LogP contribution in [-0.2, 0) is 4.79 Å². The first-order valence-corrected chi connectivity index (χ1v) is 7.45. The van der Waals surface area contributed by atoms with Gasteiger partial charge in [0.05, 0.1) is 5.75 Å². The van der Waals surface area contributed by atoms with Crippen molar-refractivity contribution in [2.24, 2.45) is 0 Å². The van der Waals surface area contributed by atoms with Crippen molar-refractivity contribution in [3.8, 4) is 0 Å². The molecule has 1 aromatic rings. The largest absolute Gasteiger partial charge is 0.342 e. The predicted octanol–water partition coefficient (Wildman–Crippen LogP) is 2.56. The molecule has 0 spiro atoms. The molecular weight excluding hydrogens is 240 g/mol. The van der Waals surface area contributed by atoms with E-state index >= 15 is 0 Å². The third-order valence-electron chi connectivity index (χ3n) is 2.63. The second kappa shape index (κ2) is 5.68. The lowest BCUT2D eigenvalue weighted by molar-refractivity contribution is -0.129. The minimum Gasteiger partial charge on any atom is -0.342 e. The van der Waals surface area contributed by atoms with Gasteiger partial charge in [-0.3, -0.25) is 4.79 Å². The molecule has 0 unspecified atom stereocenters. The molecule has 3 nitrogen and oxygen atoms in total. The van der Waals surface area contributed by atoms with Gasteiger partial charge in [0, 0.05) is 24.2 Å². The Kier molecular flexibility index (Phi) is 4.23. The highest BCUT2D eigenvalue weighted by atomic mass is 32.2. The molecule has 0 aliphatic carbocycles. The van der Waals surface area contributed by atoms with Gasteiger partial charge in [0.15, 0.2) is 4.34 Å². The van der Waals surface area contributed by atoms with Crippen LogP contribution in [0.2, 0.25) is 0 Å². The van der Waals surface area contributed by atoms with Crippen molar-refractivity contribution in [3.05, 3.63) is 11.1 Å². The zero-order chi connectivity index (χ0) is 11.4. The summed E-state index contributed by atoms with van der Waals surface area (Å²) in [6.07, 6.45) is 3.59. The summed E-state index contributed by atoms with van der Waals surface area (Å²) in [4.78, 5) is 18.2. The number of thioether (sulfide) groups is 1. The third kappa shape index (κ3) is 3.22. The Morgan fingerprint density at radius 2 is 2.25 bits per heavy atom. The van der Waals surface area contributed by atoms with Crippen LogP contribution in [-0.4, -0.2) is 34.6 Å². The van der Waals surface area contributed by atoms with E-state index in [0.717, 1.165) is 36.0 Å². The van der Waals surface area contributed by atoms with Crippen molar-refractivity contribution in [1.82, 2.24) is 9.88 Å². The van der Waals surface area contributed by atoms with Crippen LogP contribution < -0.4 is 0 Å². The Bertz CT molecular complexity index is 359. The van der Waals surface area contributed by atoms with E-state index < -0.39 is 0 Å². The van der Waals surface area contributed by atoms with Crippen LogP contribution in [0.5, 0.6) is 0 Å². The summed E-state index contributed by atoms with van der Waals surface area (Å²) in [6.45, 7) is 3.86. The minimum absolute atomic E-state index is 0.262. The fourth-order valence-corrected chi connectivity index (χ4v) is 3.51. The summed E-state index contributed by atoms with van der Waals surface area (Å²) < 4.78 is 1.00. The molecule has 0 saturated carbocycles. The van der Waals surface area contributed by atoms with Gasteiger partial charge in [-0.15, -0.1) is 11.3 Å². The number of carbonyl (C=O) groups is 1. The van der Waals surface area contributed by atoms with E-state index in [1.54, 1.807) is 23.1 Å². The molecule has 0 atom stereocenters. The van der Waals surface area contributed by atoms with Gasteiger partial charge in [0.1, 0.15) is 0 Å². The van der Waals surface area contributed by atoms with Gasteiger partial charge < -0.3 is 4.90 Å². The molecule has 0 bridgehead atoms. The average Bonchev–Trinajstić information content (AvgIpc) is 2.73. The van der Waals surface area contributed by atoms with E-state index in [1.807, 2.05) is 17.2 Å². The van der Waals surface area contributed by atoms with Gasteiger partial charge in [-0.25, -0.2) is 4.98 Å². The molecular formula is C11H16N2OS2. The second-order valence-electron chi connectivity index (χ2n) is 3.98. The summed E-state index contributed by atoms with van der Waals surface area (Å²) >= 11 is 3.18. The monoisotopic (exact) mass is 256 g/mol. The third-order valence-corrected chi connectivity index (χ3v) is 4.75. The minimum atomic E-state index is 0.262. The fraction of sp³-hybridized carbons (Fsp3) is 0.636. The quantitative estimate of drug-likeness (QED) is 0.779. The zero-order valence-electron chi connectivity index (χ0n) is 9.44. The molecule has 1 amide bonds. The van der Waals surface area contributed by atoms with Crippen LogP contribution in [0.1, 0.15) is 25.0 Å². The van der Waals surface area contributed by atoms with E-state index in [0.29, 0.717) is 5.75 Å². The van der Waals surface area contributed by atoms with Gasteiger partial charge >= 0.3 is 0 Å². The number of amides is 1. The lowest BCUT2D eigenvalue weighted by Gasteiger charge is -2.26. The van der Waals surface area contributed by atoms with Crippen LogP contribution in [0.25, 0.3) is 0 Å². The Labute approximate surface area is 104 Å². The van der Waals surface area contributed by atoms with Crippen molar-refractivity contribution in [1.29, 1.82) is 0 Å². The van der Waals surface area contributed by atoms with Gasteiger partial charge in [0.25, 0.3) is 0 Å². The number of hydrogen-bond donors (Lipinski definition) is 0. The molecule has 2 rings (SSSR count). The van der Waals surface area contributed by atoms with Gasteiger partial charge in [-0.1, -0.05) is 11.8 Å². The topological polar surface area (TPSA) is 33.2 Å². The average molecular weight is 256 g/mol. The SMILES string of the molecule is Cc1csc(SCC(=O)N2CCCCC2)n1. The van der Waals surface area contributed by atoms with E-state index in [9.17, 15) is 4.79 Å². The van der Waals surface area contributed by atoms with E-state index in [2.05, 4.69) is 4.98 Å². The van der Waals surface area contributed by atoms with Crippen LogP contribution >= 0.6 is 23.1 Å². The summed E-state index contributed by atoms with van der Waals surface area (Å²) in [6, 6.07) is 0. The zero-order valence-corrected chi connectivity index (χ0v) is 11.1. The first kappa shape index (κ1) is 11.9. The number of hydrogen-bond acceptors (Lipinski definition) is 4. The Balaban J connectivity index is 1.78. The normalized spacial score (nSPS) is 16.4. The molecule has 88 valence electrons. The van der Waals surface area contributed by atoms with E-state index in [-0.39, 0.29) is 5.91 Å². The Hall–Kier alpha value is -0.550. The number of nitrogens with zero attached hydrogens (tertiary/aromatic N) is 2. The highest BCUT2D eigenvalue weighted by molar-refractivity contribution is 8.01. The van der Waals surface area contributed by atoms with Crippen LogP contribution in [0.3, 0.4) is 0 Å². The van der Waals surface area contributed by atoms with E-state index in [4.69, 9.17) is 0 Å². The van der Waals surface area contributed by atoms with Crippen LogP contribution in [0, 0.1) is 6.92 Å². The smallest absolute Gasteiger partial charge is 0.233 e. The number of piperidine rings is 1. The number of thiazole rings is 1. The van der Waals surface area contributed by atoms with Crippen molar-refractivity contribution < 1.29 is 4.79 Å². The molecule has 1 aliphatic heterocycles. The first-order chi connectivity index (χ1) is 7.75. The Morgan fingerprint density at radius 3 is 2.88 bits per heavy atom. The summed E-state index contributed by atoms with van der Waals surface area (Å²) in [7, 11) is 0. The molecule has 0 aromatic carbocycles. The number of likely N-dealkylation sites (tertiary alicyclic amines) is 1. The maximum Gasteiger partial charge on any atom is 0.233 e. The maximum atomic E-state index is 11.9. The molecule has 1 aromatic heterocycles. The molecule has 5 heteroatoms. The molecule has 0 N–H and O–H groups in total. The molecule has 2 heterocycles. The van der Waals surface area contributed by atoms with Gasteiger partial charge in [-0.2, -0.15) is 0 Å². The number of aromatic nitrogens is 1. The van der Waals surface area contributed by atoms with E-state index in [1.165, 1.54) is 6.42 Å². The summed E-state index contributed by atoms with van der Waals surface area (Å²) in [5, 5.41) is 2.02. The standard InChI is InChI=1S/C11H16N2OS2/c1-9-7-15-11(12-9)16-8-10(14)13-5-3-2-4-6-13/h7H,2-6,8H2,1H3. The number of aryl methyl sites for hydroxylation is 1. The predicted molar refractivity (Wildman–Crippen MR) is 68.0 cm³/mol. The van der Waals surface area contributed by atoms with Gasteiger partial charge in [-0.05, 0) is 26.2 Å². The summed E-state index contributed by atoms with van der Waals surface area (Å²) in [5.41, 5.74) is 1.04.